The Morgan fingerprint density at radius 2 is 1.67 bits per heavy atom. The molecule has 1 fully saturated rings. The quantitative estimate of drug-likeness (QED) is 0.768. The van der Waals surface area contributed by atoms with Gasteiger partial charge in [-0.15, -0.1) is 11.3 Å². The number of piperazine rings is 1. The summed E-state index contributed by atoms with van der Waals surface area (Å²) < 4.78 is 1.50. The van der Waals surface area contributed by atoms with Crippen molar-refractivity contribution in [1.82, 2.24) is 19.4 Å². The molecule has 3 heterocycles. The van der Waals surface area contributed by atoms with Crippen LogP contribution >= 0.6 is 11.3 Å². The molecule has 0 saturated carbocycles. The Morgan fingerprint density at radius 1 is 1.08 bits per heavy atom. The number of hydrogen-bond donors (Lipinski definition) is 0. The van der Waals surface area contributed by atoms with Gasteiger partial charge in [0.15, 0.2) is 0 Å². The molecule has 0 atom stereocenters. The van der Waals surface area contributed by atoms with Crippen LogP contribution in [0.3, 0.4) is 0 Å². The fraction of sp³-hybridized carbons (Fsp3) is 0.500. The van der Waals surface area contributed by atoms with Crippen LogP contribution in [0.4, 0.5) is 0 Å². The molecular weight excluding hydrogens is 328 g/mol. The first-order valence-corrected chi connectivity index (χ1v) is 8.64. The Kier molecular flexibility index (Phi) is 4.16. The van der Waals surface area contributed by atoms with Crippen molar-refractivity contribution in [1.29, 1.82) is 0 Å². The maximum Gasteiger partial charge on any atom is 0.264 e. The van der Waals surface area contributed by atoms with Crippen molar-refractivity contribution in [3.05, 3.63) is 26.6 Å². The molecular formula is C16H20N4O3S. The second-order valence-electron chi connectivity index (χ2n) is 6.06. The number of aromatic nitrogens is 2. The predicted octanol–water partition coefficient (Wildman–Crippen LogP) is 0.916. The number of aryl methyl sites for hydroxylation is 2. The molecule has 2 aromatic heterocycles. The van der Waals surface area contributed by atoms with Crippen LogP contribution in [0.25, 0.3) is 10.2 Å². The van der Waals surface area contributed by atoms with Crippen molar-refractivity contribution in [2.75, 3.05) is 26.2 Å². The van der Waals surface area contributed by atoms with Crippen molar-refractivity contribution < 1.29 is 9.59 Å². The van der Waals surface area contributed by atoms with Gasteiger partial charge in [0.2, 0.25) is 5.91 Å². The van der Waals surface area contributed by atoms with E-state index < -0.39 is 0 Å². The van der Waals surface area contributed by atoms with E-state index >= 15 is 0 Å². The Morgan fingerprint density at radius 3 is 2.25 bits per heavy atom. The Hall–Kier alpha value is -2.22. The predicted molar refractivity (Wildman–Crippen MR) is 92.5 cm³/mol. The Labute approximate surface area is 143 Å². The van der Waals surface area contributed by atoms with Crippen LogP contribution in [0, 0.1) is 13.8 Å². The third-order valence-electron chi connectivity index (χ3n) is 4.60. The number of thiophene rings is 1. The van der Waals surface area contributed by atoms with Crippen LogP contribution in [0.2, 0.25) is 0 Å². The number of nitrogens with zero attached hydrogens (tertiary/aromatic N) is 4. The number of fused-ring (bicyclic) bond motifs is 1. The molecule has 0 radical (unpaired) electrons. The molecule has 0 aromatic carbocycles. The lowest BCUT2D eigenvalue weighted by atomic mass is 10.2. The molecule has 2 aromatic rings. The summed E-state index contributed by atoms with van der Waals surface area (Å²) in [7, 11) is 1.68. The van der Waals surface area contributed by atoms with Gasteiger partial charge in [0, 0.05) is 40.2 Å². The topological polar surface area (TPSA) is 75.5 Å². The zero-order valence-corrected chi connectivity index (χ0v) is 15.1. The first-order valence-electron chi connectivity index (χ1n) is 7.82. The van der Waals surface area contributed by atoms with Crippen LogP contribution in [0.5, 0.6) is 0 Å². The highest BCUT2D eigenvalue weighted by molar-refractivity contribution is 7.20. The maximum absolute atomic E-state index is 12.8. The maximum atomic E-state index is 12.8. The Bertz CT molecular complexity index is 891. The van der Waals surface area contributed by atoms with Crippen LogP contribution in [0.1, 0.15) is 28.0 Å². The van der Waals surface area contributed by atoms with Gasteiger partial charge in [0.25, 0.3) is 11.5 Å². The molecule has 1 aliphatic rings. The van der Waals surface area contributed by atoms with Crippen molar-refractivity contribution in [3.8, 4) is 0 Å². The lowest BCUT2D eigenvalue weighted by molar-refractivity contribution is -0.130. The second kappa shape index (κ2) is 6.01. The Balaban J connectivity index is 1.94. The van der Waals surface area contributed by atoms with Gasteiger partial charge in [0.05, 0.1) is 10.3 Å². The third kappa shape index (κ3) is 2.60. The second-order valence-corrected chi connectivity index (χ2v) is 7.06. The van der Waals surface area contributed by atoms with Gasteiger partial charge in [-0.2, -0.15) is 0 Å². The zero-order chi connectivity index (χ0) is 17.6. The average Bonchev–Trinajstić information content (AvgIpc) is 2.88. The molecule has 2 amide bonds. The molecule has 1 aliphatic heterocycles. The molecule has 8 heteroatoms. The lowest BCUT2D eigenvalue weighted by Gasteiger charge is -2.34. The van der Waals surface area contributed by atoms with Gasteiger partial charge in [-0.3, -0.25) is 19.0 Å². The van der Waals surface area contributed by atoms with Gasteiger partial charge in [-0.25, -0.2) is 4.98 Å². The molecule has 0 aliphatic carbocycles. The zero-order valence-electron chi connectivity index (χ0n) is 14.3. The number of hydrogen-bond acceptors (Lipinski definition) is 5. The minimum absolute atomic E-state index is 0.0308. The van der Waals surface area contributed by atoms with Crippen LogP contribution in [-0.2, 0) is 11.8 Å². The van der Waals surface area contributed by atoms with E-state index in [-0.39, 0.29) is 17.4 Å². The van der Waals surface area contributed by atoms with Crippen molar-refractivity contribution in [3.63, 3.8) is 0 Å². The first kappa shape index (κ1) is 16.6. The van der Waals surface area contributed by atoms with E-state index in [9.17, 15) is 14.4 Å². The van der Waals surface area contributed by atoms with E-state index in [1.165, 1.54) is 22.8 Å². The van der Waals surface area contributed by atoms with E-state index in [1.807, 2.05) is 0 Å². The molecule has 7 nitrogen and oxygen atoms in total. The average molecular weight is 348 g/mol. The van der Waals surface area contributed by atoms with Gasteiger partial charge < -0.3 is 9.80 Å². The summed E-state index contributed by atoms with van der Waals surface area (Å²) in [5.74, 6) is 0.574. The fourth-order valence-electron chi connectivity index (χ4n) is 2.94. The summed E-state index contributed by atoms with van der Waals surface area (Å²) in [6.45, 7) is 7.23. The summed E-state index contributed by atoms with van der Waals surface area (Å²) in [6.07, 6.45) is 0. The third-order valence-corrected chi connectivity index (χ3v) is 5.78. The highest BCUT2D eigenvalue weighted by Gasteiger charge is 2.27. The van der Waals surface area contributed by atoms with Gasteiger partial charge in [0.1, 0.15) is 10.7 Å². The monoisotopic (exact) mass is 348 g/mol. The van der Waals surface area contributed by atoms with E-state index in [2.05, 4.69) is 4.98 Å². The number of carbonyl (C=O) groups is 2. The molecule has 0 unspecified atom stereocenters. The summed E-state index contributed by atoms with van der Waals surface area (Å²) >= 11 is 1.27. The number of amides is 2. The number of carbonyl (C=O) groups excluding carboxylic acids is 2. The summed E-state index contributed by atoms with van der Waals surface area (Å²) in [5, 5.41) is 0.527. The highest BCUT2D eigenvalue weighted by atomic mass is 32.1. The van der Waals surface area contributed by atoms with Gasteiger partial charge >= 0.3 is 0 Å². The molecule has 128 valence electrons. The van der Waals surface area contributed by atoms with Crippen molar-refractivity contribution >= 4 is 33.4 Å². The van der Waals surface area contributed by atoms with E-state index in [1.54, 1.807) is 30.7 Å². The molecule has 0 N–H and O–H groups in total. The normalized spacial score (nSPS) is 15.2. The van der Waals surface area contributed by atoms with E-state index in [4.69, 9.17) is 0 Å². The molecule has 0 bridgehead atoms. The SMILES string of the molecule is CC(=O)N1CCN(C(=O)c2sc3nc(C)n(C)c(=O)c3c2C)CC1. The van der Waals surface area contributed by atoms with Crippen molar-refractivity contribution in [2.24, 2.45) is 7.05 Å². The smallest absolute Gasteiger partial charge is 0.264 e. The largest absolute Gasteiger partial charge is 0.339 e. The summed E-state index contributed by atoms with van der Waals surface area (Å²) in [5.41, 5.74) is 0.578. The van der Waals surface area contributed by atoms with Crippen LogP contribution in [-0.4, -0.2) is 57.3 Å². The van der Waals surface area contributed by atoms with Gasteiger partial charge in [-0.05, 0) is 19.4 Å². The molecule has 24 heavy (non-hydrogen) atoms. The molecule has 0 spiro atoms. The summed E-state index contributed by atoms with van der Waals surface area (Å²) in [4.78, 5) is 45.8. The highest BCUT2D eigenvalue weighted by Crippen LogP contribution is 2.28. The van der Waals surface area contributed by atoms with E-state index in [0.29, 0.717) is 52.7 Å². The van der Waals surface area contributed by atoms with Crippen LogP contribution < -0.4 is 5.56 Å². The first-order chi connectivity index (χ1) is 11.3. The number of rotatable bonds is 1. The van der Waals surface area contributed by atoms with E-state index in [0.717, 1.165) is 0 Å². The molecule has 3 rings (SSSR count). The van der Waals surface area contributed by atoms with Crippen molar-refractivity contribution in [2.45, 2.75) is 20.8 Å². The van der Waals surface area contributed by atoms with Crippen LogP contribution in [0.15, 0.2) is 4.79 Å². The minimum atomic E-state index is -0.119. The summed E-state index contributed by atoms with van der Waals surface area (Å²) in [6, 6.07) is 0. The standard InChI is InChI=1S/C16H20N4O3S/c1-9-12-14(17-10(2)18(4)15(12)22)24-13(9)16(23)20-7-5-19(6-8-20)11(3)21/h5-8H2,1-4H3. The van der Waals surface area contributed by atoms with Gasteiger partial charge in [-0.1, -0.05) is 0 Å². The fourth-order valence-corrected chi connectivity index (χ4v) is 4.12. The minimum Gasteiger partial charge on any atom is -0.339 e. The lowest BCUT2D eigenvalue weighted by Crippen LogP contribution is -2.50. The molecule has 1 saturated heterocycles.